The molecule has 0 bridgehead atoms. The SMILES string of the molecule is Cc1ccc(CN2CC(C(=O)N[C@H]3CCCCC[C@H]3C(=O)O)CC2=O)cc1. The molecule has 1 aliphatic carbocycles. The van der Waals surface area contributed by atoms with Gasteiger partial charge in [0.15, 0.2) is 0 Å². The zero-order chi connectivity index (χ0) is 19.4. The summed E-state index contributed by atoms with van der Waals surface area (Å²) >= 11 is 0. The topological polar surface area (TPSA) is 86.7 Å². The number of benzene rings is 1. The van der Waals surface area contributed by atoms with Gasteiger partial charge in [0.05, 0.1) is 11.8 Å². The number of carbonyl (C=O) groups is 3. The van der Waals surface area contributed by atoms with Crippen molar-refractivity contribution >= 4 is 17.8 Å². The lowest BCUT2D eigenvalue weighted by atomic mass is 9.94. The van der Waals surface area contributed by atoms with E-state index in [0.29, 0.717) is 25.9 Å². The molecule has 6 heteroatoms. The van der Waals surface area contributed by atoms with E-state index in [1.54, 1.807) is 4.90 Å². The van der Waals surface area contributed by atoms with E-state index in [9.17, 15) is 19.5 Å². The number of carboxylic acid groups (broad SMARTS) is 1. The van der Waals surface area contributed by atoms with Gasteiger partial charge in [-0.25, -0.2) is 0 Å². The second kappa shape index (κ2) is 8.55. The highest BCUT2D eigenvalue weighted by Gasteiger charge is 2.37. The summed E-state index contributed by atoms with van der Waals surface area (Å²) in [4.78, 5) is 38.3. The Bertz CT molecular complexity index is 701. The van der Waals surface area contributed by atoms with Crippen LogP contribution >= 0.6 is 0 Å². The molecule has 2 amide bonds. The van der Waals surface area contributed by atoms with E-state index in [2.05, 4.69) is 5.32 Å². The third-order valence-electron chi connectivity index (χ3n) is 5.74. The molecule has 1 aromatic carbocycles. The van der Waals surface area contributed by atoms with Gasteiger partial charge in [0.1, 0.15) is 0 Å². The van der Waals surface area contributed by atoms with E-state index in [0.717, 1.165) is 24.8 Å². The molecule has 0 radical (unpaired) electrons. The average molecular weight is 372 g/mol. The molecule has 2 N–H and O–H groups in total. The molecular formula is C21H28N2O4. The van der Waals surface area contributed by atoms with Crippen molar-refractivity contribution in [1.82, 2.24) is 10.2 Å². The van der Waals surface area contributed by atoms with Gasteiger partial charge in [0.2, 0.25) is 11.8 Å². The Morgan fingerprint density at radius 1 is 1.15 bits per heavy atom. The number of aliphatic carboxylic acids is 1. The first-order valence-corrected chi connectivity index (χ1v) is 9.80. The van der Waals surface area contributed by atoms with E-state index in [1.807, 2.05) is 31.2 Å². The van der Waals surface area contributed by atoms with E-state index in [4.69, 9.17) is 0 Å². The minimum atomic E-state index is -0.842. The molecule has 1 unspecified atom stereocenters. The molecule has 6 nitrogen and oxygen atoms in total. The van der Waals surface area contributed by atoms with Gasteiger partial charge < -0.3 is 15.3 Å². The highest BCUT2D eigenvalue weighted by molar-refractivity contribution is 5.89. The second-order valence-corrected chi connectivity index (χ2v) is 7.86. The van der Waals surface area contributed by atoms with Crippen LogP contribution in [0, 0.1) is 18.8 Å². The minimum absolute atomic E-state index is 0.0219. The van der Waals surface area contributed by atoms with Gasteiger partial charge in [-0.05, 0) is 25.3 Å². The molecule has 1 heterocycles. The minimum Gasteiger partial charge on any atom is -0.481 e. The van der Waals surface area contributed by atoms with E-state index >= 15 is 0 Å². The number of aryl methyl sites for hydroxylation is 1. The Morgan fingerprint density at radius 2 is 1.85 bits per heavy atom. The molecule has 0 spiro atoms. The van der Waals surface area contributed by atoms with Crippen LogP contribution in [0.4, 0.5) is 0 Å². The number of carboxylic acids is 1. The average Bonchev–Trinajstić information content (AvgIpc) is 2.84. The first kappa shape index (κ1) is 19.4. The van der Waals surface area contributed by atoms with Crippen LogP contribution in [0.2, 0.25) is 0 Å². The summed E-state index contributed by atoms with van der Waals surface area (Å²) in [5.41, 5.74) is 2.21. The second-order valence-electron chi connectivity index (χ2n) is 7.86. The summed E-state index contributed by atoms with van der Waals surface area (Å²) in [6.07, 6.45) is 4.30. The van der Waals surface area contributed by atoms with Crippen molar-refractivity contribution in [3.63, 3.8) is 0 Å². The van der Waals surface area contributed by atoms with Crippen LogP contribution in [0.15, 0.2) is 24.3 Å². The summed E-state index contributed by atoms with van der Waals surface area (Å²) in [5, 5.41) is 12.4. The Morgan fingerprint density at radius 3 is 2.56 bits per heavy atom. The summed E-state index contributed by atoms with van der Waals surface area (Å²) in [6.45, 7) is 2.91. The number of nitrogens with one attached hydrogen (secondary N) is 1. The molecule has 3 rings (SSSR count). The Kier molecular flexibility index (Phi) is 6.14. The van der Waals surface area contributed by atoms with Crippen molar-refractivity contribution in [2.45, 2.75) is 58.0 Å². The lowest BCUT2D eigenvalue weighted by molar-refractivity contribution is -0.143. The quantitative estimate of drug-likeness (QED) is 0.778. The van der Waals surface area contributed by atoms with Crippen molar-refractivity contribution in [3.05, 3.63) is 35.4 Å². The molecule has 146 valence electrons. The van der Waals surface area contributed by atoms with Crippen molar-refractivity contribution < 1.29 is 19.5 Å². The van der Waals surface area contributed by atoms with Gasteiger partial charge in [-0.3, -0.25) is 14.4 Å². The van der Waals surface area contributed by atoms with Crippen LogP contribution in [0.3, 0.4) is 0 Å². The fourth-order valence-corrected chi connectivity index (χ4v) is 4.09. The largest absolute Gasteiger partial charge is 0.481 e. The van der Waals surface area contributed by atoms with Crippen molar-refractivity contribution in [1.29, 1.82) is 0 Å². The number of amides is 2. The molecular weight excluding hydrogens is 344 g/mol. The van der Waals surface area contributed by atoms with Crippen LogP contribution in [-0.2, 0) is 20.9 Å². The van der Waals surface area contributed by atoms with Crippen LogP contribution in [-0.4, -0.2) is 40.4 Å². The fourth-order valence-electron chi connectivity index (χ4n) is 4.09. The zero-order valence-corrected chi connectivity index (χ0v) is 15.8. The van der Waals surface area contributed by atoms with Gasteiger partial charge in [0.25, 0.3) is 0 Å². The predicted molar refractivity (Wildman–Crippen MR) is 101 cm³/mol. The normalized spacial score (nSPS) is 25.9. The molecule has 1 saturated heterocycles. The van der Waals surface area contributed by atoms with Gasteiger partial charge in [-0.1, -0.05) is 49.1 Å². The lowest BCUT2D eigenvalue weighted by Crippen LogP contribution is -2.45. The maximum Gasteiger partial charge on any atom is 0.308 e. The lowest BCUT2D eigenvalue weighted by Gasteiger charge is -2.24. The van der Waals surface area contributed by atoms with Crippen molar-refractivity contribution in [2.75, 3.05) is 6.54 Å². The molecule has 1 aromatic rings. The molecule has 1 saturated carbocycles. The smallest absolute Gasteiger partial charge is 0.308 e. The van der Waals surface area contributed by atoms with E-state index in [1.165, 1.54) is 5.56 Å². The molecule has 1 aliphatic heterocycles. The summed E-state index contributed by atoms with van der Waals surface area (Å²) in [7, 11) is 0. The first-order chi connectivity index (χ1) is 12.9. The maximum atomic E-state index is 12.7. The van der Waals surface area contributed by atoms with Crippen molar-refractivity contribution in [2.24, 2.45) is 11.8 Å². The molecule has 0 aromatic heterocycles. The Labute approximate surface area is 159 Å². The summed E-state index contributed by atoms with van der Waals surface area (Å²) < 4.78 is 0. The van der Waals surface area contributed by atoms with E-state index < -0.39 is 17.8 Å². The molecule has 27 heavy (non-hydrogen) atoms. The highest BCUT2D eigenvalue weighted by Crippen LogP contribution is 2.26. The number of likely N-dealkylation sites (tertiary alicyclic amines) is 1. The number of nitrogens with zero attached hydrogens (tertiary/aromatic N) is 1. The van der Waals surface area contributed by atoms with E-state index in [-0.39, 0.29) is 24.3 Å². The zero-order valence-electron chi connectivity index (χ0n) is 15.8. The Hall–Kier alpha value is -2.37. The van der Waals surface area contributed by atoms with Crippen molar-refractivity contribution in [3.8, 4) is 0 Å². The third-order valence-corrected chi connectivity index (χ3v) is 5.74. The number of hydrogen-bond donors (Lipinski definition) is 2. The summed E-state index contributed by atoms with van der Waals surface area (Å²) in [5.74, 6) is -1.98. The van der Waals surface area contributed by atoms with Gasteiger partial charge in [-0.15, -0.1) is 0 Å². The van der Waals surface area contributed by atoms with Gasteiger partial charge in [0, 0.05) is 25.6 Å². The summed E-state index contributed by atoms with van der Waals surface area (Å²) in [6, 6.07) is 7.69. The molecule has 2 fully saturated rings. The first-order valence-electron chi connectivity index (χ1n) is 9.80. The Balaban J connectivity index is 1.59. The fraction of sp³-hybridized carbons (Fsp3) is 0.571. The van der Waals surface area contributed by atoms with Gasteiger partial charge in [-0.2, -0.15) is 0 Å². The molecule has 2 aliphatic rings. The number of carbonyl (C=O) groups excluding carboxylic acids is 2. The third kappa shape index (κ3) is 4.87. The van der Waals surface area contributed by atoms with Crippen LogP contribution in [0.5, 0.6) is 0 Å². The number of rotatable bonds is 5. The van der Waals surface area contributed by atoms with Crippen LogP contribution in [0.25, 0.3) is 0 Å². The predicted octanol–water partition coefficient (Wildman–Crippen LogP) is 2.49. The number of hydrogen-bond acceptors (Lipinski definition) is 3. The molecule has 3 atom stereocenters. The van der Waals surface area contributed by atoms with Crippen LogP contribution < -0.4 is 5.32 Å². The maximum absolute atomic E-state index is 12.7. The monoisotopic (exact) mass is 372 g/mol. The van der Waals surface area contributed by atoms with Crippen LogP contribution in [0.1, 0.15) is 49.7 Å². The standard InChI is InChI=1S/C21H28N2O4/c1-14-7-9-15(10-8-14)12-23-13-16(11-19(23)24)20(25)22-18-6-4-2-3-5-17(18)21(26)27/h7-10,16-18H,2-6,11-13H2,1H3,(H,22,25)(H,26,27)/t16?,17-,18+/m1/s1. The highest BCUT2D eigenvalue weighted by atomic mass is 16.4. The van der Waals surface area contributed by atoms with Gasteiger partial charge >= 0.3 is 5.97 Å².